The van der Waals surface area contributed by atoms with Crippen molar-refractivity contribution in [1.82, 2.24) is 15.0 Å². The third-order valence-electron chi connectivity index (χ3n) is 4.66. The van der Waals surface area contributed by atoms with Gasteiger partial charge in [0, 0.05) is 5.92 Å². The van der Waals surface area contributed by atoms with Gasteiger partial charge in [-0.1, -0.05) is 31.0 Å². The van der Waals surface area contributed by atoms with Crippen LogP contribution < -0.4 is 5.73 Å². The number of hydrogen-bond acceptors (Lipinski definition) is 5. The van der Waals surface area contributed by atoms with Crippen molar-refractivity contribution < 1.29 is 8.42 Å². The lowest BCUT2D eigenvalue weighted by molar-refractivity contribution is 0.597. The maximum absolute atomic E-state index is 13.0. The van der Waals surface area contributed by atoms with Crippen LogP contribution in [0.2, 0.25) is 0 Å². The lowest BCUT2D eigenvalue weighted by atomic mass is 10.0. The Bertz CT molecular complexity index is 990. The minimum atomic E-state index is -3.74. The fourth-order valence-corrected chi connectivity index (χ4v) is 5.01. The van der Waals surface area contributed by atoms with Gasteiger partial charge in [-0.3, -0.25) is 0 Å². The quantitative estimate of drug-likeness (QED) is 0.762. The molecular weight excluding hydrogens is 324 g/mol. The zero-order valence-corrected chi connectivity index (χ0v) is 13.9. The Morgan fingerprint density at radius 3 is 2.50 bits per heavy atom. The van der Waals surface area contributed by atoms with Crippen LogP contribution in [0.3, 0.4) is 0 Å². The van der Waals surface area contributed by atoms with Crippen molar-refractivity contribution in [1.29, 1.82) is 0 Å². The molecule has 1 aromatic carbocycles. The Hall–Kier alpha value is -2.41. The van der Waals surface area contributed by atoms with Crippen molar-refractivity contribution in [3.63, 3.8) is 0 Å². The van der Waals surface area contributed by atoms with E-state index in [0.29, 0.717) is 17.0 Å². The van der Waals surface area contributed by atoms with Gasteiger partial charge in [0.15, 0.2) is 0 Å². The summed E-state index contributed by atoms with van der Waals surface area (Å²) in [7, 11) is -3.74. The fraction of sp³-hybridized carbons (Fsp3) is 0.294. The molecule has 4 rings (SSSR count). The zero-order valence-electron chi connectivity index (χ0n) is 13.1. The van der Waals surface area contributed by atoms with Crippen LogP contribution in [0.4, 0.5) is 5.82 Å². The minimum absolute atomic E-state index is 0.0466. The molecule has 0 spiro atoms. The highest BCUT2D eigenvalue weighted by molar-refractivity contribution is 7.92. The van der Waals surface area contributed by atoms with Crippen LogP contribution in [0.1, 0.15) is 37.3 Å². The summed E-state index contributed by atoms with van der Waals surface area (Å²) in [5, 5.41) is 0. The van der Waals surface area contributed by atoms with E-state index in [0.717, 1.165) is 18.5 Å². The number of nitrogens with zero attached hydrogens (tertiary/aromatic N) is 2. The standard InChI is InChI=1S/C17H18N4O2S/c18-17-16(24(22,23)12-8-2-1-3-9-12)15-14(21-17)13(19-10-20-15)11-6-4-5-7-11/h1-3,8-11,21H,4-7,18H2. The maximum atomic E-state index is 13.0. The third kappa shape index (κ3) is 2.27. The molecule has 1 fully saturated rings. The van der Waals surface area contributed by atoms with E-state index in [2.05, 4.69) is 15.0 Å². The number of aromatic amines is 1. The maximum Gasteiger partial charge on any atom is 0.212 e. The smallest absolute Gasteiger partial charge is 0.212 e. The molecule has 2 aromatic heterocycles. The summed E-state index contributed by atoms with van der Waals surface area (Å²) >= 11 is 0. The van der Waals surface area contributed by atoms with Gasteiger partial charge in [-0.05, 0) is 25.0 Å². The summed E-state index contributed by atoms with van der Waals surface area (Å²) < 4.78 is 26.0. The van der Waals surface area contributed by atoms with Crippen molar-refractivity contribution in [2.24, 2.45) is 0 Å². The summed E-state index contributed by atoms with van der Waals surface area (Å²) in [6.07, 6.45) is 5.90. The molecule has 0 radical (unpaired) electrons. The zero-order chi connectivity index (χ0) is 16.7. The molecule has 6 nitrogen and oxygen atoms in total. The van der Waals surface area contributed by atoms with E-state index in [4.69, 9.17) is 5.73 Å². The normalized spacial score (nSPS) is 16.0. The van der Waals surface area contributed by atoms with Gasteiger partial charge in [0.2, 0.25) is 9.84 Å². The first-order valence-electron chi connectivity index (χ1n) is 8.01. The third-order valence-corrected chi connectivity index (χ3v) is 6.50. The van der Waals surface area contributed by atoms with Gasteiger partial charge >= 0.3 is 0 Å². The van der Waals surface area contributed by atoms with Crippen molar-refractivity contribution in [2.75, 3.05) is 5.73 Å². The molecular formula is C17H18N4O2S. The lowest BCUT2D eigenvalue weighted by Crippen LogP contribution is -2.05. The monoisotopic (exact) mass is 342 g/mol. The van der Waals surface area contributed by atoms with E-state index in [1.807, 2.05) is 0 Å². The molecule has 24 heavy (non-hydrogen) atoms. The van der Waals surface area contributed by atoms with Gasteiger partial charge in [-0.2, -0.15) is 0 Å². The van der Waals surface area contributed by atoms with E-state index < -0.39 is 9.84 Å². The van der Waals surface area contributed by atoms with Crippen molar-refractivity contribution >= 4 is 26.7 Å². The molecule has 1 saturated carbocycles. The highest BCUT2D eigenvalue weighted by Gasteiger charge is 2.29. The first-order valence-corrected chi connectivity index (χ1v) is 9.49. The number of fused-ring (bicyclic) bond motifs is 1. The Balaban J connectivity index is 1.94. The molecule has 1 aliphatic rings. The average Bonchev–Trinajstić information content (AvgIpc) is 3.22. The molecule has 0 aliphatic heterocycles. The number of sulfone groups is 1. The van der Waals surface area contributed by atoms with Crippen molar-refractivity contribution in [2.45, 2.75) is 41.4 Å². The Labute approximate surface area is 140 Å². The molecule has 124 valence electrons. The van der Waals surface area contributed by atoms with Gasteiger partial charge in [0.1, 0.15) is 22.6 Å². The highest BCUT2D eigenvalue weighted by atomic mass is 32.2. The average molecular weight is 342 g/mol. The SMILES string of the molecule is Nc1[nH]c2c(C3CCCC3)ncnc2c1S(=O)(=O)c1ccccc1. The van der Waals surface area contributed by atoms with Crippen molar-refractivity contribution in [3.05, 3.63) is 42.4 Å². The van der Waals surface area contributed by atoms with Crippen LogP contribution in [0.5, 0.6) is 0 Å². The van der Waals surface area contributed by atoms with Crippen LogP contribution in [0.25, 0.3) is 11.0 Å². The first-order chi connectivity index (χ1) is 11.6. The van der Waals surface area contributed by atoms with Crippen molar-refractivity contribution in [3.8, 4) is 0 Å². The summed E-state index contributed by atoms with van der Waals surface area (Å²) in [6.45, 7) is 0. The molecule has 3 aromatic rings. The fourth-order valence-electron chi connectivity index (χ4n) is 3.51. The highest BCUT2D eigenvalue weighted by Crippen LogP contribution is 2.39. The topological polar surface area (TPSA) is 102 Å². The largest absolute Gasteiger partial charge is 0.384 e. The Morgan fingerprint density at radius 2 is 1.79 bits per heavy atom. The summed E-state index contributed by atoms with van der Waals surface area (Å²) in [5.74, 6) is 0.453. The number of nitrogens with one attached hydrogen (secondary N) is 1. The van der Waals surface area contributed by atoms with E-state index in [-0.39, 0.29) is 15.6 Å². The van der Waals surface area contributed by atoms with E-state index in [1.165, 1.54) is 19.2 Å². The van der Waals surface area contributed by atoms with E-state index >= 15 is 0 Å². The number of hydrogen-bond donors (Lipinski definition) is 2. The Morgan fingerprint density at radius 1 is 1.08 bits per heavy atom. The molecule has 0 atom stereocenters. The van der Waals surface area contributed by atoms with Crippen LogP contribution in [-0.4, -0.2) is 23.4 Å². The predicted octanol–water partition coefficient (Wildman–Crippen LogP) is 3.03. The van der Waals surface area contributed by atoms with Crippen LogP contribution in [-0.2, 0) is 9.84 Å². The van der Waals surface area contributed by atoms with Crippen LogP contribution >= 0.6 is 0 Å². The molecule has 3 N–H and O–H groups in total. The minimum Gasteiger partial charge on any atom is -0.384 e. The summed E-state index contributed by atoms with van der Waals surface area (Å²) in [4.78, 5) is 11.9. The van der Waals surface area contributed by atoms with Gasteiger partial charge < -0.3 is 10.7 Å². The molecule has 0 amide bonds. The number of rotatable bonds is 3. The number of benzene rings is 1. The van der Waals surface area contributed by atoms with E-state index in [9.17, 15) is 8.42 Å². The summed E-state index contributed by atoms with van der Waals surface area (Å²) in [6, 6.07) is 8.28. The molecule has 0 bridgehead atoms. The number of nitrogens with two attached hydrogens (primary N) is 1. The lowest BCUT2D eigenvalue weighted by Gasteiger charge is -2.09. The van der Waals surface area contributed by atoms with Crippen LogP contribution in [0, 0.1) is 0 Å². The molecule has 7 heteroatoms. The second-order valence-electron chi connectivity index (χ2n) is 6.15. The first kappa shape index (κ1) is 15.1. The second-order valence-corrected chi connectivity index (χ2v) is 8.03. The van der Waals surface area contributed by atoms with Gasteiger partial charge in [-0.25, -0.2) is 18.4 Å². The summed E-state index contributed by atoms with van der Waals surface area (Å²) in [5.41, 5.74) is 7.95. The molecule has 2 heterocycles. The van der Waals surface area contributed by atoms with Gasteiger partial charge in [0.05, 0.1) is 16.1 Å². The second kappa shape index (κ2) is 5.59. The van der Waals surface area contributed by atoms with Crippen LogP contribution in [0.15, 0.2) is 46.5 Å². The van der Waals surface area contributed by atoms with E-state index in [1.54, 1.807) is 30.3 Å². The number of nitrogen functional groups attached to an aromatic ring is 1. The molecule has 0 unspecified atom stereocenters. The number of aromatic nitrogens is 3. The van der Waals surface area contributed by atoms with Gasteiger partial charge in [-0.15, -0.1) is 0 Å². The predicted molar refractivity (Wildman–Crippen MR) is 91.4 cm³/mol. The number of H-pyrrole nitrogens is 1. The number of anilines is 1. The molecule has 0 saturated heterocycles. The molecule has 1 aliphatic carbocycles. The Kier molecular flexibility index (Phi) is 3.53. The van der Waals surface area contributed by atoms with Gasteiger partial charge in [0.25, 0.3) is 0 Å².